The maximum atomic E-state index is 12.9. The zero-order valence-corrected chi connectivity index (χ0v) is 20.0. The number of hydrogen-bond donors (Lipinski definition) is 1. The lowest BCUT2D eigenvalue weighted by atomic mass is 10.1. The van der Waals surface area contributed by atoms with Gasteiger partial charge in [0.05, 0.1) is 29.5 Å². The third-order valence-electron chi connectivity index (χ3n) is 5.69. The molecule has 3 rings (SSSR count). The van der Waals surface area contributed by atoms with Gasteiger partial charge in [0.2, 0.25) is 21.8 Å². The SMILES string of the molecule is CCn1c(CCC(=O)N2CCNC(=O)C2CC(=O)OC)nc2cc(S(=O)(=O)N(C)C)ccc21. The molecule has 0 saturated carbocycles. The maximum absolute atomic E-state index is 12.9. The number of hydrogen-bond acceptors (Lipinski definition) is 7. The molecule has 1 N–H and O–H groups in total. The number of piperazine rings is 1. The van der Waals surface area contributed by atoms with Crippen LogP contribution in [-0.4, -0.2) is 85.3 Å². The Kier molecular flexibility index (Phi) is 7.38. The number of sulfonamides is 1. The summed E-state index contributed by atoms with van der Waals surface area (Å²) < 4.78 is 32.6. The second kappa shape index (κ2) is 9.87. The third kappa shape index (κ3) is 5.01. The number of methoxy groups -OCH3 is 1. The normalized spacial score (nSPS) is 16.8. The predicted molar refractivity (Wildman–Crippen MR) is 120 cm³/mol. The lowest BCUT2D eigenvalue weighted by Gasteiger charge is -2.34. The number of carbonyl (C=O) groups is 3. The van der Waals surface area contributed by atoms with Crippen molar-refractivity contribution in [3.63, 3.8) is 0 Å². The van der Waals surface area contributed by atoms with Gasteiger partial charge in [0, 0.05) is 46.6 Å². The van der Waals surface area contributed by atoms with Crippen LogP contribution in [0.3, 0.4) is 0 Å². The smallest absolute Gasteiger partial charge is 0.308 e. The molecule has 0 radical (unpaired) electrons. The molecule has 12 heteroatoms. The predicted octanol–water partition coefficient (Wildman–Crippen LogP) is 0.129. The summed E-state index contributed by atoms with van der Waals surface area (Å²) in [6.45, 7) is 3.16. The van der Waals surface area contributed by atoms with Crippen LogP contribution in [0.5, 0.6) is 0 Å². The lowest BCUT2D eigenvalue weighted by molar-refractivity contribution is -0.150. The number of aromatic nitrogens is 2. The number of amides is 2. The zero-order chi connectivity index (χ0) is 24.3. The Morgan fingerprint density at radius 3 is 2.67 bits per heavy atom. The van der Waals surface area contributed by atoms with Crippen LogP contribution < -0.4 is 5.32 Å². The third-order valence-corrected chi connectivity index (χ3v) is 7.51. The van der Waals surface area contributed by atoms with Crippen LogP contribution in [0, 0.1) is 0 Å². The molecule has 1 atom stereocenters. The topological polar surface area (TPSA) is 131 Å². The summed E-state index contributed by atoms with van der Waals surface area (Å²) in [6.07, 6.45) is 0.196. The first-order valence-electron chi connectivity index (χ1n) is 10.7. The highest BCUT2D eigenvalue weighted by Crippen LogP contribution is 2.23. The van der Waals surface area contributed by atoms with Crippen molar-refractivity contribution in [1.82, 2.24) is 24.1 Å². The fraction of sp³-hybridized carbons (Fsp3) is 0.524. The number of aryl methyl sites for hydroxylation is 2. The molecule has 2 aromatic rings. The lowest BCUT2D eigenvalue weighted by Crippen LogP contribution is -2.57. The molecule has 33 heavy (non-hydrogen) atoms. The molecular weight excluding hydrogens is 450 g/mol. The van der Waals surface area contributed by atoms with Gasteiger partial charge in [-0.2, -0.15) is 0 Å². The van der Waals surface area contributed by atoms with Crippen molar-refractivity contribution in [1.29, 1.82) is 0 Å². The fourth-order valence-corrected chi connectivity index (χ4v) is 4.82. The van der Waals surface area contributed by atoms with Crippen molar-refractivity contribution < 1.29 is 27.5 Å². The molecule has 1 aromatic carbocycles. The molecule has 1 saturated heterocycles. The maximum Gasteiger partial charge on any atom is 0.308 e. The van der Waals surface area contributed by atoms with E-state index >= 15 is 0 Å². The van der Waals surface area contributed by atoms with Crippen molar-refractivity contribution in [2.45, 2.75) is 43.7 Å². The molecule has 0 spiro atoms. The minimum absolute atomic E-state index is 0.0944. The highest BCUT2D eigenvalue weighted by atomic mass is 32.2. The Morgan fingerprint density at radius 1 is 1.30 bits per heavy atom. The van der Waals surface area contributed by atoms with Crippen molar-refractivity contribution in [3.05, 3.63) is 24.0 Å². The largest absolute Gasteiger partial charge is 0.469 e. The van der Waals surface area contributed by atoms with Crippen LogP contribution in [0.4, 0.5) is 0 Å². The number of nitrogens with one attached hydrogen (secondary N) is 1. The van der Waals surface area contributed by atoms with E-state index in [1.165, 1.54) is 32.2 Å². The molecule has 2 heterocycles. The first kappa shape index (κ1) is 24.6. The van der Waals surface area contributed by atoms with Gasteiger partial charge < -0.3 is 19.5 Å². The van der Waals surface area contributed by atoms with Crippen LogP contribution in [-0.2, 0) is 42.1 Å². The van der Waals surface area contributed by atoms with E-state index in [1.54, 1.807) is 12.1 Å². The molecule has 1 aliphatic rings. The minimum atomic E-state index is -3.59. The monoisotopic (exact) mass is 479 g/mol. The zero-order valence-electron chi connectivity index (χ0n) is 19.2. The van der Waals surface area contributed by atoms with E-state index in [1.807, 2.05) is 11.5 Å². The summed E-state index contributed by atoms with van der Waals surface area (Å²) in [5, 5.41) is 2.67. The van der Waals surface area contributed by atoms with Gasteiger partial charge in [-0.1, -0.05) is 0 Å². The van der Waals surface area contributed by atoms with E-state index in [9.17, 15) is 22.8 Å². The number of imidazole rings is 1. The van der Waals surface area contributed by atoms with Gasteiger partial charge >= 0.3 is 5.97 Å². The summed E-state index contributed by atoms with van der Waals surface area (Å²) in [5.74, 6) is -0.558. The van der Waals surface area contributed by atoms with Crippen molar-refractivity contribution in [2.24, 2.45) is 0 Å². The average molecular weight is 480 g/mol. The second-order valence-corrected chi connectivity index (χ2v) is 10.0. The summed E-state index contributed by atoms with van der Waals surface area (Å²) in [5.41, 5.74) is 1.31. The van der Waals surface area contributed by atoms with E-state index in [2.05, 4.69) is 15.0 Å². The van der Waals surface area contributed by atoms with Crippen LogP contribution in [0.1, 0.15) is 25.6 Å². The Hall–Kier alpha value is -2.99. The number of benzene rings is 1. The van der Waals surface area contributed by atoms with Gasteiger partial charge in [-0.05, 0) is 25.1 Å². The molecule has 1 unspecified atom stereocenters. The number of ether oxygens (including phenoxy) is 1. The van der Waals surface area contributed by atoms with Crippen LogP contribution in [0.2, 0.25) is 0 Å². The molecule has 11 nitrogen and oxygen atoms in total. The Labute approximate surface area is 192 Å². The fourth-order valence-electron chi connectivity index (χ4n) is 3.89. The quantitative estimate of drug-likeness (QED) is 0.533. The Bertz CT molecular complexity index is 1170. The summed E-state index contributed by atoms with van der Waals surface area (Å²) >= 11 is 0. The average Bonchev–Trinajstić information content (AvgIpc) is 3.15. The number of fused-ring (bicyclic) bond motifs is 1. The van der Waals surface area contributed by atoms with Gasteiger partial charge in [-0.15, -0.1) is 0 Å². The highest BCUT2D eigenvalue weighted by molar-refractivity contribution is 7.89. The van der Waals surface area contributed by atoms with E-state index in [4.69, 9.17) is 0 Å². The van der Waals surface area contributed by atoms with Crippen LogP contribution in [0.15, 0.2) is 23.1 Å². The van der Waals surface area contributed by atoms with Crippen molar-refractivity contribution >= 4 is 38.8 Å². The number of nitrogens with zero attached hydrogens (tertiary/aromatic N) is 4. The first-order valence-corrected chi connectivity index (χ1v) is 12.1. The van der Waals surface area contributed by atoms with Crippen molar-refractivity contribution in [3.8, 4) is 0 Å². The van der Waals surface area contributed by atoms with E-state index in [0.717, 1.165) is 9.82 Å². The van der Waals surface area contributed by atoms with Gasteiger partial charge in [0.25, 0.3) is 0 Å². The van der Waals surface area contributed by atoms with Gasteiger partial charge in [-0.25, -0.2) is 17.7 Å². The molecule has 0 bridgehead atoms. The summed E-state index contributed by atoms with van der Waals surface area (Å²) in [7, 11) is 0.577. The number of esters is 1. The number of carbonyl (C=O) groups excluding carboxylic acids is 3. The standard InChI is InChI=1S/C21H29N5O6S/c1-5-25-16-7-6-14(33(30,31)24(2)3)12-15(16)23-18(25)8-9-19(27)26-11-10-22-21(29)17(26)13-20(28)32-4/h6-7,12,17H,5,8-11,13H2,1-4H3,(H,22,29). The Balaban J connectivity index is 1.81. The van der Waals surface area contributed by atoms with Gasteiger partial charge in [0.1, 0.15) is 11.9 Å². The summed E-state index contributed by atoms with van der Waals surface area (Å²) in [6, 6.07) is 3.89. The molecule has 2 amide bonds. The molecular formula is C21H29N5O6S. The first-order chi connectivity index (χ1) is 15.6. The number of rotatable bonds is 8. The molecule has 0 aliphatic carbocycles. The van der Waals surface area contributed by atoms with E-state index in [-0.39, 0.29) is 29.6 Å². The van der Waals surface area contributed by atoms with Crippen molar-refractivity contribution in [2.75, 3.05) is 34.3 Å². The second-order valence-electron chi connectivity index (χ2n) is 7.88. The van der Waals surface area contributed by atoms with Crippen LogP contribution >= 0.6 is 0 Å². The van der Waals surface area contributed by atoms with Gasteiger partial charge in [-0.3, -0.25) is 14.4 Å². The molecule has 1 aliphatic heterocycles. The van der Waals surface area contributed by atoms with E-state index < -0.39 is 22.0 Å². The van der Waals surface area contributed by atoms with Gasteiger partial charge in [0.15, 0.2) is 0 Å². The Morgan fingerprint density at radius 2 is 2.03 bits per heavy atom. The summed E-state index contributed by atoms with van der Waals surface area (Å²) in [4.78, 5) is 43.0. The molecule has 180 valence electrons. The van der Waals surface area contributed by atoms with E-state index in [0.29, 0.717) is 37.4 Å². The highest BCUT2D eigenvalue weighted by Gasteiger charge is 2.34. The van der Waals surface area contributed by atoms with Crippen LogP contribution in [0.25, 0.3) is 11.0 Å². The molecule has 1 fully saturated rings. The molecule has 1 aromatic heterocycles. The minimum Gasteiger partial charge on any atom is -0.469 e.